The summed E-state index contributed by atoms with van der Waals surface area (Å²) >= 11 is 0. The monoisotopic (exact) mass is 605 g/mol. The Morgan fingerprint density at radius 2 is 1.98 bits per heavy atom. The summed E-state index contributed by atoms with van der Waals surface area (Å²) in [5, 5.41) is 11.9. The van der Waals surface area contributed by atoms with Crippen LogP contribution < -0.4 is 20.1 Å². The SMILES string of the molecule is CCCC1(COc2cc3c4c(nc(-c5cc(O)cc6ccc(F)c(CC)c56)c(F)c4n2)OCCN3CC(N)=O)CCCN1C. The molecule has 232 valence electrons. The number of pyridine rings is 2. The molecule has 6 rings (SSSR count). The van der Waals surface area contributed by atoms with Gasteiger partial charge in [0.05, 0.1) is 29.7 Å². The largest absolute Gasteiger partial charge is 0.508 e. The van der Waals surface area contributed by atoms with Crippen LogP contribution in [0.5, 0.6) is 17.5 Å². The number of hydrogen-bond donors (Lipinski definition) is 2. The number of likely N-dealkylation sites (tertiary alicyclic amines) is 1. The molecule has 1 amide bonds. The van der Waals surface area contributed by atoms with Crippen LogP contribution in [-0.2, 0) is 11.2 Å². The smallest absolute Gasteiger partial charge is 0.236 e. The van der Waals surface area contributed by atoms with Gasteiger partial charge >= 0.3 is 0 Å². The number of anilines is 1. The van der Waals surface area contributed by atoms with Gasteiger partial charge in [0.2, 0.25) is 17.7 Å². The number of nitrogens with two attached hydrogens (primary N) is 1. The first-order valence-corrected chi connectivity index (χ1v) is 15.1. The third kappa shape index (κ3) is 5.12. The Morgan fingerprint density at radius 3 is 2.68 bits per heavy atom. The summed E-state index contributed by atoms with van der Waals surface area (Å²) < 4.78 is 44.2. The van der Waals surface area contributed by atoms with Gasteiger partial charge in [-0.2, -0.15) is 0 Å². The second kappa shape index (κ2) is 11.7. The van der Waals surface area contributed by atoms with E-state index in [9.17, 15) is 14.3 Å². The zero-order valence-corrected chi connectivity index (χ0v) is 25.3. The number of carbonyl (C=O) groups excluding carboxylic acids is 1. The van der Waals surface area contributed by atoms with Crippen LogP contribution >= 0.6 is 0 Å². The molecule has 1 atom stereocenters. The van der Waals surface area contributed by atoms with E-state index in [1.54, 1.807) is 17.0 Å². The van der Waals surface area contributed by atoms with Gasteiger partial charge in [0.15, 0.2) is 5.82 Å². The number of rotatable bonds is 9. The Balaban J connectivity index is 1.58. The van der Waals surface area contributed by atoms with Crippen molar-refractivity contribution in [2.45, 2.75) is 51.5 Å². The molecule has 0 aliphatic carbocycles. The quantitative estimate of drug-likeness (QED) is 0.264. The first-order chi connectivity index (χ1) is 21.2. The number of phenols is 1. The van der Waals surface area contributed by atoms with E-state index in [0.717, 1.165) is 32.2 Å². The molecule has 9 nitrogen and oxygen atoms in total. The third-order valence-electron chi connectivity index (χ3n) is 9.02. The second-order valence-electron chi connectivity index (χ2n) is 11.8. The zero-order chi connectivity index (χ0) is 31.2. The molecular weight excluding hydrogens is 568 g/mol. The van der Waals surface area contributed by atoms with Gasteiger partial charge in [-0.15, -0.1) is 0 Å². The average molecular weight is 606 g/mol. The first-order valence-electron chi connectivity index (χ1n) is 15.1. The minimum Gasteiger partial charge on any atom is -0.508 e. The molecule has 1 fully saturated rings. The van der Waals surface area contributed by atoms with E-state index in [1.807, 2.05) is 6.92 Å². The summed E-state index contributed by atoms with van der Waals surface area (Å²) in [4.78, 5) is 25.3. The van der Waals surface area contributed by atoms with E-state index < -0.39 is 17.5 Å². The lowest BCUT2D eigenvalue weighted by Gasteiger charge is -2.35. The van der Waals surface area contributed by atoms with Crippen molar-refractivity contribution in [1.29, 1.82) is 0 Å². The van der Waals surface area contributed by atoms with E-state index >= 15 is 4.39 Å². The lowest BCUT2D eigenvalue weighted by atomic mass is 9.92. The standard InChI is InChI=1S/C33H37F2N5O4/c1-4-9-33(10-6-11-39(33)3)18-44-26-16-24-28-31(37-26)29(35)30(38-32(28)43-13-12-40(24)17-25(36)42)22-15-20(41)14-19-7-8-23(34)21(5-2)27(19)22/h7-8,14-16,41H,4-6,9-13,17-18H2,1-3H3,(H2,36,42). The van der Waals surface area contributed by atoms with Gasteiger partial charge in [0, 0.05) is 11.6 Å². The Bertz CT molecular complexity index is 1770. The van der Waals surface area contributed by atoms with Crippen molar-refractivity contribution in [2.24, 2.45) is 5.73 Å². The topological polar surface area (TPSA) is 114 Å². The van der Waals surface area contributed by atoms with E-state index in [2.05, 4.69) is 28.8 Å². The van der Waals surface area contributed by atoms with Crippen LogP contribution in [-0.4, -0.2) is 71.3 Å². The number of nitrogens with zero attached hydrogens (tertiary/aromatic N) is 4. The summed E-state index contributed by atoms with van der Waals surface area (Å²) in [6.07, 6.45) is 4.31. The molecule has 1 unspecified atom stereocenters. The van der Waals surface area contributed by atoms with Gasteiger partial charge in [-0.05, 0) is 73.8 Å². The van der Waals surface area contributed by atoms with Crippen LogP contribution in [0.15, 0.2) is 30.3 Å². The maximum atomic E-state index is 16.8. The number of hydrogen-bond acceptors (Lipinski definition) is 8. The van der Waals surface area contributed by atoms with Gasteiger partial charge in [0.25, 0.3) is 0 Å². The molecule has 3 N–H and O–H groups in total. The molecule has 11 heteroatoms. The summed E-state index contributed by atoms with van der Waals surface area (Å²) in [5.41, 5.74) is 6.30. The fourth-order valence-corrected chi connectivity index (χ4v) is 6.88. The highest BCUT2D eigenvalue weighted by molar-refractivity contribution is 6.04. The van der Waals surface area contributed by atoms with Gasteiger partial charge in [-0.1, -0.05) is 26.3 Å². The van der Waals surface area contributed by atoms with E-state index in [4.69, 9.17) is 15.2 Å². The average Bonchev–Trinajstić information content (AvgIpc) is 3.26. The highest BCUT2D eigenvalue weighted by Crippen LogP contribution is 2.44. The number of phenolic OH excluding ortho intramolecular Hbond substituents is 1. The lowest BCUT2D eigenvalue weighted by Crippen LogP contribution is -2.46. The number of fused-ring (bicyclic) bond motifs is 1. The fourth-order valence-electron chi connectivity index (χ4n) is 6.88. The molecule has 0 saturated carbocycles. The molecule has 2 aliphatic heterocycles. The van der Waals surface area contributed by atoms with Crippen molar-refractivity contribution in [3.05, 3.63) is 47.5 Å². The molecule has 0 bridgehead atoms. The number of aromatic nitrogens is 2. The Labute approximate surface area is 254 Å². The molecule has 2 aliphatic rings. The normalized spacial score (nSPS) is 18.5. The number of halogens is 2. The van der Waals surface area contributed by atoms with Crippen LogP contribution in [0.2, 0.25) is 0 Å². The number of primary amides is 1. The fraction of sp³-hybridized carbons (Fsp3) is 0.424. The number of ether oxygens (including phenoxy) is 2. The Hall–Kier alpha value is -4.25. The van der Waals surface area contributed by atoms with Crippen molar-refractivity contribution in [2.75, 3.05) is 44.8 Å². The number of aryl methyl sites for hydroxylation is 1. The maximum absolute atomic E-state index is 16.8. The molecule has 2 aromatic carbocycles. The Morgan fingerprint density at radius 1 is 1.16 bits per heavy atom. The second-order valence-corrected chi connectivity index (χ2v) is 11.8. The number of carbonyl (C=O) groups is 1. The minimum absolute atomic E-state index is 0.0656. The third-order valence-corrected chi connectivity index (χ3v) is 9.02. The molecule has 0 spiro atoms. The molecular formula is C33H37F2N5O4. The summed E-state index contributed by atoms with van der Waals surface area (Å²) in [6.45, 7) is 5.60. The minimum atomic E-state index is -0.778. The van der Waals surface area contributed by atoms with E-state index in [1.165, 1.54) is 18.2 Å². The molecule has 2 aromatic heterocycles. The predicted molar refractivity (Wildman–Crippen MR) is 165 cm³/mol. The highest BCUT2D eigenvalue weighted by atomic mass is 19.1. The van der Waals surface area contributed by atoms with Gasteiger partial charge in [0.1, 0.15) is 36.0 Å². The van der Waals surface area contributed by atoms with Crippen LogP contribution in [0.4, 0.5) is 14.5 Å². The van der Waals surface area contributed by atoms with Crippen LogP contribution in [0.3, 0.4) is 0 Å². The predicted octanol–water partition coefficient (Wildman–Crippen LogP) is 5.32. The lowest BCUT2D eigenvalue weighted by molar-refractivity contribution is -0.116. The van der Waals surface area contributed by atoms with Gasteiger partial charge in [-0.3, -0.25) is 9.69 Å². The molecule has 44 heavy (non-hydrogen) atoms. The van der Waals surface area contributed by atoms with Crippen molar-refractivity contribution < 1.29 is 28.2 Å². The molecule has 0 radical (unpaired) electrons. The molecule has 4 aromatic rings. The van der Waals surface area contributed by atoms with Crippen LogP contribution in [0, 0.1) is 11.6 Å². The van der Waals surface area contributed by atoms with Crippen molar-refractivity contribution in [1.82, 2.24) is 14.9 Å². The molecule has 4 heterocycles. The number of amides is 1. The number of benzene rings is 2. The van der Waals surface area contributed by atoms with Crippen LogP contribution in [0.25, 0.3) is 32.9 Å². The maximum Gasteiger partial charge on any atom is 0.236 e. The molecule has 1 saturated heterocycles. The van der Waals surface area contributed by atoms with Crippen LogP contribution in [0.1, 0.15) is 45.1 Å². The summed E-state index contributed by atoms with van der Waals surface area (Å²) in [5.74, 6) is -1.57. The number of likely N-dealkylation sites (N-methyl/N-ethyl adjacent to an activating group) is 1. The summed E-state index contributed by atoms with van der Waals surface area (Å²) in [7, 11) is 2.09. The zero-order valence-electron chi connectivity index (χ0n) is 25.3. The Kier molecular flexibility index (Phi) is 7.91. The number of aromatic hydroxyl groups is 1. The van der Waals surface area contributed by atoms with E-state index in [0.29, 0.717) is 35.1 Å². The van der Waals surface area contributed by atoms with E-state index in [-0.39, 0.29) is 64.9 Å². The summed E-state index contributed by atoms with van der Waals surface area (Å²) in [6, 6.07) is 7.47. The van der Waals surface area contributed by atoms with Crippen molar-refractivity contribution in [3.8, 4) is 28.8 Å². The highest BCUT2D eigenvalue weighted by Gasteiger charge is 2.39. The van der Waals surface area contributed by atoms with Gasteiger partial charge in [-0.25, -0.2) is 18.7 Å². The van der Waals surface area contributed by atoms with Gasteiger partial charge < -0.3 is 25.2 Å². The van der Waals surface area contributed by atoms with Crippen molar-refractivity contribution in [3.63, 3.8) is 0 Å². The van der Waals surface area contributed by atoms with Crippen molar-refractivity contribution >= 4 is 33.3 Å². The first kappa shape index (κ1) is 29.8.